The lowest BCUT2D eigenvalue weighted by atomic mass is 9.78. The van der Waals surface area contributed by atoms with E-state index in [1.165, 1.54) is 10.8 Å². The third-order valence-corrected chi connectivity index (χ3v) is 7.47. The van der Waals surface area contributed by atoms with Gasteiger partial charge >= 0.3 is 0 Å². The zero-order chi connectivity index (χ0) is 24.4. The Hall–Kier alpha value is -3.73. The molecule has 1 saturated heterocycles. The predicted molar refractivity (Wildman–Crippen MR) is 130 cm³/mol. The molecule has 2 N–H and O–H groups in total. The molecule has 2 bridgehead atoms. The largest absolute Gasteiger partial charge is 0.494 e. The van der Waals surface area contributed by atoms with Gasteiger partial charge in [-0.2, -0.15) is 5.26 Å². The molecule has 1 fully saturated rings. The summed E-state index contributed by atoms with van der Waals surface area (Å²) < 4.78 is 13.8. The molecular formula is C27H22ClN3O4. The molecule has 35 heavy (non-hydrogen) atoms. The third kappa shape index (κ3) is 3.10. The molecule has 4 aromatic rings. The van der Waals surface area contributed by atoms with Crippen molar-refractivity contribution in [2.75, 3.05) is 6.61 Å². The Bertz CT molecular complexity index is 1520. The van der Waals surface area contributed by atoms with E-state index in [9.17, 15) is 15.5 Å². The Morgan fingerprint density at radius 3 is 2.60 bits per heavy atom. The van der Waals surface area contributed by atoms with Crippen molar-refractivity contribution < 1.29 is 19.7 Å². The molecule has 8 heteroatoms. The standard InChI is InChI=1S/C27H22ClN3O4/c1-26-10-11-27(35-26,12-13-34-21-9-7-17(28)15-30-21)23-22(26)24(32)31(25(23)33)20-8-6-16(14-29)18-4-2-3-5-19(18)20/h2-9,15,32-33H,10-13H2,1H3/t26-,27-/m1/s1. The lowest BCUT2D eigenvalue weighted by molar-refractivity contribution is -0.0877. The first-order valence-corrected chi connectivity index (χ1v) is 11.8. The average Bonchev–Trinajstić information content (AvgIpc) is 3.44. The van der Waals surface area contributed by atoms with Crippen LogP contribution >= 0.6 is 11.6 Å². The minimum atomic E-state index is -0.786. The quantitative estimate of drug-likeness (QED) is 0.376. The Kier molecular flexibility index (Phi) is 4.75. The number of fused-ring (bicyclic) bond motifs is 6. The van der Waals surface area contributed by atoms with Crippen molar-refractivity contribution in [1.82, 2.24) is 9.55 Å². The van der Waals surface area contributed by atoms with Gasteiger partial charge in [0, 0.05) is 29.5 Å². The maximum Gasteiger partial charge on any atom is 0.213 e. The van der Waals surface area contributed by atoms with Crippen LogP contribution in [-0.4, -0.2) is 26.4 Å². The number of aromatic nitrogens is 2. The van der Waals surface area contributed by atoms with Gasteiger partial charge in [0.25, 0.3) is 0 Å². The van der Waals surface area contributed by atoms with Gasteiger partial charge in [-0.25, -0.2) is 4.98 Å². The lowest BCUT2D eigenvalue weighted by Crippen LogP contribution is -2.25. The third-order valence-electron chi connectivity index (χ3n) is 7.25. The summed E-state index contributed by atoms with van der Waals surface area (Å²) in [4.78, 5) is 4.17. The van der Waals surface area contributed by atoms with Gasteiger partial charge in [0.05, 0.1) is 45.7 Å². The van der Waals surface area contributed by atoms with E-state index >= 15 is 0 Å². The summed E-state index contributed by atoms with van der Waals surface area (Å²) in [5.41, 5.74) is 0.838. The fourth-order valence-electron chi connectivity index (χ4n) is 5.68. The fraction of sp³-hybridized carbons (Fsp3) is 0.259. The number of nitriles is 1. The van der Waals surface area contributed by atoms with Gasteiger partial charge in [-0.3, -0.25) is 4.57 Å². The van der Waals surface area contributed by atoms with Crippen molar-refractivity contribution >= 4 is 22.4 Å². The molecule has 0 amide bonds. The molecule has 7 nitrogen and oxygen atoms in total. The first-order chi connectivity index (χ1) is 16.9. The zero-order valence-corrected chi connectivity index (χ0v) is 19.7. The van der Waals surface area contributed by atoms with E-state index in [1.54, 1.807) is 24.3 Å². The summed E-state index contributed by atoms with van der Waals surface area (Å²) in [5, 5.41) is 34.5. The number of nitrogens with zero attached hydrogens (tertiary/aromatic N) is 3. The smallest absolute Gasteiger partial charge is 0.213 e. The summed E-state index contributed by atoms with van der Waals surface area (Å²) in [7, 11) is 0. The Balaban J connectivity index is 1.43. The van der Waals surface area contributed by atoms with Crippen molar-refractivity contribution in [2.24, 2.45) is 0 Å². The van der Waals surface area contributed by atoms with Gasteiger partial charge in [-0.05, 0) is 38.0 Å². The maximum atomic E-state index is 11.5. The monoisotopic (exact) mass is 487 g/mol. The molecule has 0 radical (unpaired) electrons. The topological polar surface area (TPSA) is 101 Å². The molecule has 2 atom stereocenters. The molecular weight excluding hydrogens is 466 g/mol. The number of aromatic hydroxyl groups is 2. The summed E-state index contributed by atoms with van der Waals surface area (Å²) in [6.07, 6.45) is 3.41. The Labute approximate surface area is 206 Å². The van der Waals surface area contributed by atoms with Crippen molar-refractivity contribution in [3.63, 3.8) is 0 Å². The molecule has 4 heterocycles. The van der Waals surface area contributed by atoms with E-state index in [1.807, 2.05) is 31.2 Å². The second-order valence-corrected chi connectivity index (χ2v) is 9.70. The molecule has 0 aliphatic carbocycles. The van der Waals surface area contributed by atoms with E-state index in [0.29, 0.717) is 59.1 Å². The van der Waals surface area contributed by atoms with Crippen LogP contribution in [0.1, 0.15) is 42.9 Å². The van der Waals surface area contributed by atoms with Crippen molar-refractivity contribution in [3.05, 3.63) is 76.4 Å². The van der Waals surface area contributed by atoms with Gasteiger partial charge in [-0.15, -0.1) is 0 Å². The van der Waals surface area contributed by atoms with Gasteiger partial charge in [-0.1, -0.05) is 35.9 Å². The summed E-state index contributed by atoms with van der Waals surface area (Å²) in [5.74, 6) is 0.357. The fourth-order valence-corrected chi connectivity index (χ4v) is 5.79. The molecule has 2 aliphatic rings. The van der Waals surface area contributed by atoms with Gasteiger partial charge in [0.2, 0.25) is 17.6 Å². The molecule has 176 valence electrons. The van der Waals surface area contributed by atoms with E-state index in [0.717, 1.165) is 10.8 Å². The SMILES string of the molecule is C[C@]12CC[C@](CCOc3ccc(Cl)cn3)(O1)c1c2c(O)n(-c2ccc(C#N)c3ccccc23)c1O. The van der Waals surface area contributed by atoms with Crippen LogP contribution in [0, 0.1) is 11.3 Å². The first-order valence-electron chi connectivity index (χ1n) is 11.4. The van der Waals surface area contributed by atoms with Gasteiger partial charge in [0.15, 0.2) is 0 Å². The molecule has 2 aromatic carbocycles. The molecule has 2 aromatic heterocycles. The van der Waals surface area contributed by atoms with Gasteiger partial charge in [0.1, 0.15) is 5.60 Å². The molecule has 6 rings (SSSR count). The Morgan fingerprint density at radius 1 is 1.09 bits per heavy atom. The summed E-state index contributed by atoms with van der Waals surface area (Å²) >= 11 is 5.90. The van der Waals surface area contributed by atoms with Crippen LogP contribution in [-0.2, 0) is 15.9 Å². The highest BCUT2D eigenvalue weighted by molar-refractivity contribution is 6.30. The zero-order valence-electron chi connectivity index (χ0n) is 19.0. The highest BCUT2D eigenvalue weighted by atomic mass is 35.5. The van der Waals surface area contributed by atoms with Crippen LogP contribution in [0.4, 0.5) is 0 Å². The minimum absolute atomic E-state index is 0.0447. The second kappa shape index (κ2) is 7.64. The molecule has 0 spiro atoms. The normalized spacial score (nSPS) is 22.3. The van der Waals surface area contributed by atoms with Gasteiger partial charge < -0.3 is 19.7 Å². The number of rotatable bonds is 5. The van der Waals surface area contributed by atoms with Crippen LogP contribution in [0.2, 0.25) is 5.02 Å². The number of hydrogen-bond donors (Lipinski definition) is 2. The summed E-state index contributed by atoms with van der Waals surface area (Å²) in [6, 6.07) is 16.6. The highest BCUT2D eigenvalue weighted by Gasteiger charge is 2.61. The summed E-state index contributed by atoms with van der Waals surface area (Å²) in [6.45, 7) is 2.26. The van der Waals surface area contributed by atoms with E-state index in [2.05, 4.69) is 11.1 Å². The van der Waals surface area contributed by atoms with Crippen molar-refractivity contribution in [2.45, 2.75) is 37.4 Å². The Morgan fingerprint density at radius 2 is 1.86 bits per heavy atom. The number of halogens is 1. The predicted octanol–water partition coefficient (Wildman–Crippen LogP) is 5.67. The van der Waals surface area contributed by atoms with Crippen LogP contribution < -0.4 is 4.74 Å². The number of hydrogen-bond acceptors (Lipinski definition) is 6. The van der Waals surface area contributed by atoms with Crippen molar-refractivity contribution in [1.29, 1.82) is 5.26 Å². The molecule has 0 unspecified atom stereocenters. The first kappa shape index (κ1) is 21.8. The van der Waals surface area contributed by atoms with Crippen LogP contribution in [0.25, 0.3) is 16.5 Å². The van der Waals surface area contributed by atoms with Crippen LogP contribution in [0.15, 0.2) is 54.7 Å². The van der Waals surface area contributed by atoms with E-state index in [4.69, 9.17) is 21.1 Å². The second-order valence-electron chi connectivity index (χ2n) is 9.26. The average molecular weight is 488 g/mol. The van der Waals surface area contributed by atoms with E-state index in [-0.39, 0.29) is 11.8 Å². The number of ether oxygens (including phenoxy) is 2. The molecule has 0 saturated carbocycles. The van der Waals surface area contributed by atoms with Crippen LogP contribution in [0.5, 0.6) is 17.6 Å². The van der Waals surface area contributed by atoms with E-state index < -0.39 is 11.2 Å². The van der Waals surface area contributed by atoms with Crippen molar-refractivity contribution in [3.8, 4) is 29.4 Å². The molecule has 2 aliphatic heterocycles. The highest BCUT2D eigenvalue weighted by Crippen LogP contribution is 2.65. The maximum absolute atomic E-state index is 11.5. The lowest BCUT2D eigenvalue weighted by Gasteiger charge is -2.26. The van der Waals surface area contributed by atoms with Crippen LogP contribution in [0.3, 0.4) is 0 Å². The minimum Gasteiger partial charge on any atom is -0.494 e. The number of pyridine rings is 1. The number of benzene rings is 2.